The second-order valence-corrected chi connectivity index (χ2v) is 9.06. The van der Waals surface area contributed by atoms with Gasteiger partial charge in [-0.2, -0.15) is 0 Å². The first-order valence-electron chi connectivity index (χ1n) is 9.99. The predicted octanol–water partition coefficient (Wildman–Crippen LogP) is 5.82. The molecular formula is C24H24Cl2N2O4. The van der Waals surface area contributed by atoms with E-state index in [4.69, 9.17) is 32.7 Å². The number of hydrogen-bond donors (Lipinski definition) is 1. The molecule has 0 saturated heterocycles. The molecular weight excluding hydrogens is 451 g/mol. The van der Waals surface area contributed by atoms with E-state index in [1.807, 2.05) is 30.3 Å². The molecule has 0 unspecified atom stereocenters. The zero-order valence-corrected chi connectivity index (χ0v) is 19.8. The van der Waals surface area contributed by atoms with Gasteiger partial charge in [0.15, 0.2) is 0 Å². The third kappa shape index (κ3) is 5.90. The first-order chi connectivity index (χ1) is 15.1. The largest absolute Gasteiger partial charge is 0.467 e. The maximum absolute atomic E-state index is 12.2. The Morgan fingerprint density at radius 1 is 1.06 bits per heavy atom. The Bertz CT molecular complexity index is 1140. The van der Waals surface area contributed by atoms with Gasteiger partial charge < -0.3 is 14.8 Å². The van der Waals surface area contributed by atoms with Crippen LogP contribution >= 0.6 is 23.2 Å². The minimum absolute atomic E-state index is 0.236. The van der Waals surface area contributed by atoms with Crippen molar-refractivity contribution >= 4 is 46.2 Å². The number of nitrogens with one attached hydrogen (secondary N) is 1. The number of fused-ring (bicyclic) bond motifs is 1. The smallest absolute Gasteiger partial charge is 0.408 e. The van der Waals surface area contributed by atoms with Crippen molar-refractivity contribution in [2.24, 2.45) is 0 Å². The van der Waals surface area contributed by atoms with Crippen LogP contribution in [0.15, 0.2) is 48.5 Å². The van der Waals surface area contributed by atoms with E-state index in [2.05, 4.69) is 10.3 Å². The summed E-state index contributed by atoms with van der Waals surface area (Å²) in [7, 11) is 1.28. The number of aromatic nitrogens is 1. The lowest BCUT2D eigenvalue weighted by Crippen LogP contribution is -2.45. The summed E-state index contributed by atoms with van der Waals surface area (Å²) in [6.45, 7) is 5.25. The maximum Gasteiger partial charge on any atom is 0.408 e. The summed E-state index contributed by atoms with van der Waals surface area (Å²) < 4.78 is 10.1. The van der Waals surface area contributed by atoms with E-state index in [0.29, 0.717) is 21.3 Å². The SMILES string of the molecule is COC(=O)[C@@H](Cc1ccc2nc(-c3c(Cl)cccc3Cl)ccc2c1)NC(=O)OC(C)(C)C. The van der Waals surface area contributed by atoms with Gasteiger partial charge in [-0.3, -0.25) is 0 Å². The van der Waals surface area contributed by atoms with E-state index in [-0.39, 0.29) is 6.42 Å². The highest BCUT2D eigenvalue weighted by Gasteiger charge is 2.25. The lowest BCUT2D eigenvalue weighted by Gasteiger charge is -2.22. The normalized spacial score (nSPS) is 12.3. The minimum atomic E-state index is -0.888. The monoisotopic (exact) mass is 474 g/mol. The second kappa shape index (κ2) is 9.76. The van der Waals surface area contributed by atoms with Crippen molar-refractivity contribution in [3.63, 3.8) is 0 Å². The van der Waals surface area contributed by atoms with Crippen LogP contribution in [0.25, 0.3) is 22.2 Å². The first-order valence-corrected chi connectivity index (χ1v) is 10.7. The molecule has 2 aromatic carbocycles. The summed E-state index contributed by atoms with van der Waals surface area (Å²) >= 11 is 12.6. The number of amides is 1. The van der Waals surface area contributed by atoms with Crippen LogP contribution in [-0.4, -0.2) is 35.8 Å². The molecule has 6 nitrogen and oxygen atoms in total. The number of esters is 1. The fraction of sp³-hybridized carbons (Fsp3) is 0.292. The van der Waals surface area contributed by atoms with Crippen molar-refractivity contribution in [3.8, 4) is 11.3 Å². The van der Waals surface area contributed by atoms with E-state index < -0.39 is 23.7 Å². The molecule has 0 saturated carbocycles. The predicted molar refractivity (Wildman–Crippen MR) is 126 cm³/mol. The number of benzene rings is 2. The summed E-state index contributed by atoms with van der Waals surface area (Å²) in [6, 6.07) is 13.8. The number of carbonyl (C=O) groups excluding carboxylic acids is 2. The van der Waals surface area contributed by atoms with Crippen LogP contribution < -0.4 is 5.32 Å². The number of rotatable bonds is 5. The lowest BCUT2D eigenvalue weighted by atomic mass is 10.0. The summed E-state index contributed by atoms with van der Waals surface area (Å²) in [5.41, 5.74) is 2.24. The third-order valence-corrected chi connectivity index (χ3v) is 5.22. The molecule has 1 atom stereocenters. The van der Waals surface area contributed by atoms with E-state index >= 15 is 0 Å². The van der Waals surface area contributed by atoms with Crippen LogP contribution in [0.2, 0.25) is 10.0 Å². The molecule has 0 bridgehead atoms. The van der Waals surface area contributed by atoms with Crippen molar-refractivity contribution in [2.75, 3.05) is 7.11 Å². The van der Waals surface area contributed by atoms with Gasteiger partial charge >= 0.3 is 12.1 Å². The van der Waals surface area contributed by atoms with Gasteiger partial charge in [0, 0.05) is 17.4 Å². The van der Waals surface area contributed by atoms with Crippen molar-refractivity contribution < 1.29 is 19.1 Å². The lowest BCUT2D eigenvalue weighted by molar-refractivity contribution is -0.143. The summed E-state index contributed by atoms with van der Waals surface area (Å²) in [5.74, 6) is -0.558. The van der Waals surface area contributed by atoms with Crippen molar-refractivity contribution in [1.29, 1.82) is 0 Å². The highest BCUT2D eigenvalue weighted by atomic mass is 35.5. The summed E-state index contributed by atoms with van der Waals surface area (Å²) in [6.07, 6.45) is -0.448. The van der Waals surface area contributed by atoms with Crippen molar-refractivity contribution in [2.45, 2.75) is 38.8 Å². The average Bonchev–Trinajstić information content (AvgIpc) is 2.71. The number of hydrogen-bond acceptors (Lipinski definition) is 5. The van der Waals surface area contributed by atoms with Crippen LogP contribution in [0.5, 0.6) is 0 Å². The van der Waals surface area contributed by atoms with Gasteiger partial charge in [-0.1, -0.05) is 41.4 Å². The molecule has 0 aliphatic heterocycles. The van der Waals surface area contributed by atoms with Gasteiger partial charge in [-0.25, -0.2) is 14.6 Å². The highest BCUT2D eigenvalue weighted by molar-refractivity contribution is 6.39. The standard InChI is InChI=1S/C24H24Cl2N2O4/c1-24(2,3)32-23(30)28-20(22(29)31-4)13-14-8-10-18-15(12-14)9-11-19(27-18)21-16(25)6-5-7-17(21)26/h5-12,20H,13H2,1-4H3,(H,28,30)/t20-/m1/s1. The Hall–Kier alpha value is -2.83. The van der Waals surface area contributed by atoms with Gasteiger partial charge in [0.2, 0.25) is 0 Å². The molecule has 1 N–H and O–H groups in total. The Labute approximate surface area is 196 Å². The van der Waals surface area contributed by atoms with Crippen molar-refractivity contribution in [1.82, 2.24) is 10.3 Å². The number of ether oxygens (including phenoxy) is 2. The van der Waals surface area contributed by atoms with E-state index in [9.17, 15) is 9.59 Å². The molecule has 168 valence electrons. The summed E-state index contributed by atoms with van der Waals surface area (Å²) in [4.78, 5) is 29.0. The molecule has 0 aliphatic rings. The van der Waals surface area contributed by atoms with Crippen LogP contribution in [0, 0.1) is 0 Å². The minimum Gasteiger partial charge on any atom is -0.467 e. The van der Waals surface area contributed by atoms with Crippen LogP contribution in [-0.2, 0) is 20.7 Å². The zero-order chi connectivity index (χ0) is 23.5. The number of alkyl carbamates (subject to hydrolysis) is 1. The molecule has 0 fully saturated rings. The fourth-order valence-corrected chi connectivity index (χ4v) is 3.80. The van der Waals surface area contributed by atoms with Gasteiger partial charge in [0.25, 0.3) is 0 Å². The zero-order valence-electron chi connectivity index (χ0n) is 18.2. The molecule has 32 heavy (non-hydrogen) atoms. The number of nitrogens with zero attached hydrogens (tertiary/aromatic N) is 1. The highest BCUT2D eigenvalue weighted by Crippen LogP contribution is 2.34. The molecule has 0 radical (unpaired) electrons. The number of carbonyl (C=O) groups is 2. The third-order valence-electron chi connectivity index (χ3n) is 4.59. The topological polar surface area (TPSA) is 77.5 Å². The Morgan fingerprint density at radius 3 is 2.38 bits per heavy atom. The molecule has 0 aliphatic carbocycles. The molecule has 1 heterocycles. The molecule has 1 aromatic heterocycles. The molecule has 0 spiro atoms. The number of halogens is 2. The fourth-order valence-electron chi connectivity index (χ4n) is 3.20. The average molecular weight is 475 g/mol. The molecule has 3 aromatic rings. The second-order valence-electron chi connectivity index (χ2n) is 8.25. The van der Waals surface area contributed by atoms with E-state index in [1.165, 1.54) is 7.11 Å². The van der Waals surface area contributed by atoms with Crippen molar-refractivity contribution in [3.05, 3.63) is 64.1 Å². The van der Waals surface area contributed by atoms with Crippen LogP contribution in [0.1, 0.15) is 26.3 Å². The molecule has 1 amide bonds. The number of pyridine rings is 1. The van der Waals surface area contributed by atoms with Gasteiger partial charge in [0.05, 0.1) is 28.4 Å². The van der Waals surface area contributed by atoms with Crippen LogP contribution in [0.3, 0.4) is 0 Å². The quantitative estimate of drug-likeness (QED) is 0.471. The molecule has 3 rings (SSSR count). The molecule has 8 heteroatoms. The van der Waals surface area contributed by atoms with E-state index in [1.54, 1.807) is 39.0 Å². The number of methoxy groups -OCH3 is 1. The Morgan fingerprint density at radius 2 is 1.75 bits per heavy atom. The van der Waals surface area contributed by atoms with E-state index in [0.717, 1.165) is 16.5 Å². The first kappa shape index (κ1) is 23.8. The van der Waals surface area contributed by atoms with Gasteiger partial charge in [-0.05, 0) is 56.7 Å². The van der Waals surface area contributed by atoms with Gasteiger partial charge in [-0.15, -0.1) is 0 Å². The van der Waals surface area contributed by atoms with Gasteiger partial charge in [0.1, 0.15) is 11.6 Å². The Balaban J connectivity index is 1.85. The van der Waals surface area contributed by atoms with Crippen LogP contribution in [0.4, 0.5) is 4.79 Å². The maximum atomic E-state index is 12.2. The summed E-state index contributed by atoms with van der Waals surface area (Å²) in [5, 5.41) is 4.50. The Kier molecular flexibility index (Phi) is 7.26.